The number of ether oxygens (including phenoxy) is 3. The average Bonchev–Trinajstić information content (AvgIpc) is 2.81. The van der Waals surface area contributed by atoms with E-state index >= 15 is 0 Å². The van der Waals surface area contributed by atoms with Crippen LogP contribution in [-0.2, 0) is 20.7 Å². The molecular weight excluding hydrogens is 489 g/mol. The van der Waals surface area contributed by atoms with Gasteiger partial charge in [0.1, 0.15) is 30.2 Å². The molecule has 11 heteroatoms. The van der Waals surface area contributed by atoms with Gasteiger partial charge < -0.3 is 40.4 Å². The van der Waals surface area contributed by atoms with Crippen LogP contribution in [-0.4, -0.2) is 76.4 Å². The molecule has 2 heterocycles. The molecule has 0 bridgehead atoms. The summed E-state index contributed by atoms with van der Waals surface area (Å²) >= 11 is 12.8. The number of rotatable bonds is 6. The number of benzene rings is 2. The number of nitrogens with two attached hydrogens (primary N) is 1. The highest BCUT2D eigenvalue weighted by Gasteiger charge is 2.48. The van der Waals surface area contributed by atoms with Gasteiger partial charge in [0.2, 0.25) is 0 Å². The predicted octanol–water partition coefficient (Wildman–Crippen LogP) is 1.45. The molecule has 0 amide bonds. The molecule has 7 atom stereocenters. The van der Waals surface area contributed by atoms with E-state index in [0.29, 0.717) is 27.8 Å². The van der Waals surface area contributed by atoms with E-state index in [1.807, 2.05) is 18.2 Å². The fraction of sp³-hybridized carbons (Fsp3) is 0.435. The molecular formula is C23H25Cl2NO8. The number of carboxylic acid groups (broad SMARTS) is 1. The molecule has 2 aliphatic heterocycles. The van der Waals surface area contributed by atoms with E-state index in [1.165, 1.54) is 0 Å². The number of aliphatic hydroxyl groups excluding tert-OH is 3. The van der Waals surface area contributed by atoms with Crippen molar-refractivity contribution in [1.29, 1.82) is 0 Å². The SMILES string of the molecule is NC[C@@H]1Oc2c(cccc2-c2c(Cl)cccc2Cl)CC1COC1OC(C(=O)O)C(O)C(O)C1O. The molecule has 6 unspecified atom stereocenters. The summed E-state index contributed by atoms with van der Waals surface area (Å²) in [5.41, 5.74) is 8.23. The van der Waals surface area contributed by atoms with Gasteiger partial charge in [-0.25, -0.2) is 4.79 Å². The van der Waals surface area contributed by atoms with Gasteiger partial charge in [0.25, 0.3) is 0 Å². The van der Waals surface area contributed by atoms with Crippen LogP contribution in [0.1, 0.15) is 5.56 Å². The zero-order chi connectivity index (χ0) is 24.6. The Morgan fingerprint density at radius 3 is 2.38 bits per heavy atom. The Morgan fingerprint density at radius 2 is 1.74 bits per heavy atom. The van der Waals surface area contributed by atoms with E-state index in [4.69, 9.17) is 43.1 Å². The Hall–Kier alpha value is -1.95. The molecule has 2 aliphatic rings. The first-order valence-electron chi connectivity index (χ1n) is 10.7. The molecule has 0 aromatic heterocycles. The minimum atomic E-state index is -1.79. The summed E-state index contributed by atoms with van der Waals surface area (Å²) in [4.78, 5) is 11.3. The lowest BCUT2D eigenvalue weighted by molar-refractivity contribution is -0.297. The standard InChI is InChI=1S/C23H25Cl2NO8/c24-13-5-2-6-14(25)16(13)12-4-1-3-10-7-11(15(8-26)33-20(10)12)9-32-23-19(29)17(27)18(28)21(34-23)22(30)31/h1-6,11,15,17-19,21,23,27-29H,7-9,26H2,(H,30,31)/t11?,15-,17?,18?,19?,21?,23?/m0/s1. The van der Waals surface area contributed by atoms with Crippen LogP contribution in [0, 0.1) is 5.92 Å². The number of hydrogen-bond acceptors (Lipinski definition) is 8. The maximum absolute atomic E-state index is 11.3. The fourth-order valence-electron chi connectivity index (χ4n) is 4.31. The highest BCUT2D eigenvalue weighted by atomic mass is 35.5. The highest BCUT2D eigenvalue weighted by molar-refractivity contribution is 6.39. The summed E-state index contributed by atoms with van der Waals surface area (Å²) in [6, 6.07) is 10.9. The number of carboxylic acids is 1. The maximum atomic E-state index is 11.3. The van der Waals surface area contributed by atoms with Crippen molar-refractivity contribution in [3.05, 3.63) is 52.0 Å². The van der Waals surface area contributed by atoms with Gasteiger partial charge in [-0.05, 0) is 24.1 Å². The smallest absolute Gasteiger partial charge is 0.335 e. The van der Waals surface area contributed by atoms with Gasteiger partial charge in [0.05, 0.1) is 16.7 Å². The fourth-order valence-corrected chi connectivity index (χ4v) is 4.91. The highest BCUT2D eigenvalue weighted by Crippen LogP contribution is 2.44. The average molecular weight is 514 g/mol. The molecule has 34 heavy (non-hydrogen) atoms. The lowest BCUT2D eigenvalue weighted by Gasteiger charge is -2.40. The number of carbonyl (C=O) groups is 1. The van der Waals surface area contributed by atoms with E-state index in [2.05, 4.69) is 0 Å². The van der Waals surface area contributed by atoms with Crippen molar-refractivity contribution in [2.45, 2.75) is 43.2 Å². The van der Waals surface area contributed by atoms with Crippen LogP contribution in [0.4, 0.5) is 0 Å². The number of para-hydroxylation sites is 1. The summed E-state index contributed by atoms with van der Waals surface area (Å²) in [7, 11) is 0. The van der Waals surface area contributed by atoms with Crippen molar-refractivity contribution in [3.63, 3.8) is 0 Å². The summed E-state index contributed by atoms with van der Waals surface area (Å²) in [5.74, 6) is -1.13. The van der Waals surface area contributed by atoms with Crippen LogP contribution in [0.2, 0.25) is 10.0 Å². The van der Waals surface area contributed by atoms with Gasteiger partial charge in [0.15, 0.2) is 12.4 Å². The first kappa shape index (κ1) is 25.2. The monoisotopic (exact) mass is 513 g/mol. The number of hydrogen-bond donors (Lipinski definition) is 5. The number of halogens is 2. The van der Waals surface area contributed by atoms with Crippen molar-refractivity contribution in [2.75, 3.05) is 13.2 Å². The van der Waals surface area contributed by atoms with E-state index in [1.54, 1.807) is 18.2 Å². The van der Waals surface area contributed by atoms with Crippen molar-refractivity contribution in [2.24, 2.45) is 11.7 Å². The van der Waals surface area contributed by atoms with Gasteiger partial charge in [-0.3, -0.25) is 0 Å². The van der Waals surface area contributed by atoms with Crippen LogP contribution < -0.4 is 10.5 Å². The third-order valence-electron chi connectivity index (χ3n) is 6.13. The molecule has 2 aromatic rings. The van der Waals surface area contributed by atoms with Gasteiger partial charge in [-0.1, -0.05) is 47.5 Å². The molecule has 0 saturated carbocycles. The topological polar surface area (TPSA) is 152 Å². The van der Waals surface area contributed by atoms with Crippen LogP contribution >= 0.6 is 23.2 Å². The van der Waals surface area contributed by atoms with E-state index in [-0.39, 0.29) is 19.1 Å². The first-order chi connectivity index (χ1) is 16.2. The van der Waals surface area contributed by atoms with Crippen LogP contribution in [0.3, 0.4) is 0 Å². The van der Waals surface area contributed by atoms with Crippen LogP contribution in [0.5, 0.6) is 5.75 Å². The second-order valence-electron chi connectivity index (χ2n) is 8.32. The van der Waals surface area contributed by atoms with E-state index in [0.717, 1.165) is 11.1 Å². The van der Waals surface area contributed by atoms with Crippen molar-refractivity contribution >= 4 is 29.2 Å². The minimum absolute atomic E-state index is 0.00470. The summed E-state index contributed by atoms with van der Waals surface area (Å²) in [6.07, 6.45) is -8.31. The van der Waals surface area contributed by atoms with Crippen molar-refractivity contribution in [3.8, 4) is 16.9 Å². The molecule has 0 spiro atoms. The molecule has 2 aromatic carbocycles. The van der Waals surface area contributed by atoms with Gasteiger partial charge >= 0.3 is 5.97 Å². The number of aliphatic carboxylic acids is 1. The lowest BCUT2D eigenvalue weighted by Crippen LogP contribution is -2.60. The molecule has 9 nitrogen and oxygen atoms in total. The Kier molecular flexibility index (Phi) is 7.66. The lowest BCUT2D eigenvalue weighted by atomic mass is 9.88. The van der Waals surface area contributed by atoms with Crippen molar-refractivity contribution in [1.82, 2.24) is 0 Å². The van der Waals surface area contributed by atoms with Gasteiger partial charge in [0, 0.05) is 23.6 Å². The molecule has 6 N–H and O–H groups in total. The van der Waals surface area contributed by atoms with Crippen LogP contribution in [0.25, 0.3) is 11.1 Å². The minimum Gasteiger partial charge on any atom is -0.488 e. The molecule has 0 radical (unpaired) electrons. The van der Waals surface area contributed by atoms with Gasteiger partial charge in [-0.2, -0.15) is 0 Å². The maximum Gasteiger partial charge on any atom is 0.335 e. The summed E-state index contributed by atoms with van der Waals surface area (Å²) < 4.78 is 17.1. The normalized spacial score (nSPS) is 30.9. The number of fused-ring (bicyclic) bond motifs is 1. The molecule has 4 rings (SSSR count). The molecule has 1 saturated heterocycles. The second kappa shape index (κ2) is 10.3. The summed E-state index contributed by atoms with van der Waals surface area (Å²) in [6.45, 7) is 0.153. The molecule has 1 fully saturated rings. The Morgan fingerprint density at radius 1 is 1.06 bits per heavy atom. The van der Waals surface area contributed by atoms with E-state index in [9.17, 15) is 25.2 Å². The van der Waals surface area contributed by atoms with Gasteiger partial charge in [-0.15, -0.1) is 0 Å². The first-order valence-corrected chi connectivity index (χ1v) is 11.5. The zero-order valence-electron chi connectivity index (χ0n) is 17.9. The molecule has 0 aliphatic carbocycles. The Bertz CT molecular complexity index is 1030. The Labute approximate surface area is 205 Å². The largest absolute Gasteiger partial charge is 0.488 e. The third kappa shape index (κ3) is 4.75. The molecule has 184 valence electrons. The second-order valence-corrected chi connectivity index (χ2v) is 9.13. The summed E-state index contributed by atoms with van der Waals surface area (Å²) in [5, 5.41) is 40.2. The third-order valence-corrected chi connectivity index (χ3v) is 6.76. The van der Waals surface area contributed by atoms with Crippen LogP contribution in [0.15, 0.2) is 36.4 Å². The quantitative estimate of drug-likeness (QED) is 0.386. The zero-order valence-corrected chi connectivity index (χ0v) is 19.4. The Balaban J connectivity index is 1.54. The number of aliphatic hydroxyl groups is 3. The predicted molar refractivity (Wildman–Crippen MR) is 123 cm³/mol. The van der Waals surface area contributed by atoms with E-state index < -0.39 is 42.8 Å². The van der Waals surface area contributed by atoms with Crippen molar-refractivity contribution < 1.29 is 39.4 Å².